The molecule has 1 saturated heterocycles. The van der Waals surface area contributed by atoms with Crippen molar-refractivity contribution in [1.29, 1.82) is 0 Å². The summed E-state index contributed by atoms with van der Waals surface area (Å²) in [5.41, 5.74) is 1.13. The van der Waals surface area contributed by atoms with E-state index in [0.29, 0.717) is 28.4 Å². The fraction of sp³-hybridized carbons (Fsp3) is 0.300. The molecule has 1 aliphatic heterocycles. The Kier molecular flexibility index (Phi) is 5.91. The molecule has 1 amide bonds. The molecule has 1 fully saturated rings. The predicted molar refractivity (Wildman–Crippen MR) is 101 cm³/mol. The summed E-state index contributed by atoms with van der Waals surface area (Å²) in [4.78, 5) is 26.5. The lowest BCUT2D eigenvalue weighted by molar-refractivity contribution is -0.136. The van der Waals surface area contributed by atoms with E-state index in [9.17, 15) is 9.59 Å². The Balaban J connectivity index is 1.58. The van der Waals surface area contributed by atoms with Crippen molar-refractivity contribution >= 4 is 23.3 Å². The van der Waals surface area contributed by atoms with Gasteiger partial charge in [0.05, 0.1) is 0 Å². The lowest BCUT2D eigenvalue weighted by Crippen LogP contribution is -2.53. The van der Waals surface area contributed by atoms with Gasteiger partial charge in [0.15, 0.2) is 12.4 Å². The van der Waals surface area contributed by atoms with Gasteiger partial charge in [0.2, 0.25) is 0 Å². The van der Waals surface area contributed by atoms with Crippen LogP contribution in [0, 0.1) is 0 Å². The molecule has 0 spiro atoms. The summed E-state index contributed by atoms with van der Waals surface area (Å²) in [5, 5.41) is 3.84. The van der Waals surface area contributed by atoms with Crippen LogP contribution in [0.15, 0.2) is 48.5 Å². The minimum absolute atomic E-state index is 0.00514. The minimum atomic E-state index is -0.0843. The quantitative estimate of drug-likeness (QED) is 0.820. The third-order valence-electron chi connectivity index (χ3n) is 4.41. The Morgan fingerprint density at radius 3 is 2.35 bits per heavy atom. The molecule has 0 radical (unpaired) electrons. The van der Waals surface area contributed by atoms with Crippen molar-refractivity contribution in [1.82, 2.24) is 10.2 Å². The highest BCUT2D eigenvalue weighted by Crippen LogP contribution is 2.17. The van der Waals surface area contributed by atoms with Crippen LogP contribution in [0.25, 0.3) is 0 Å². The highest BCUT2D eigenvalue weighted by atomic mass is 35.5. The number of nitrogens with one attached hydrogen (secondary N) is 1. The fourth-order valence-electron chi connectivity index (χ4n) is 2.91. The number of nitrogens with zero attached hydrogens (tertiary/aromatic N) is 1. The monoisotopic (exact) mass is 372 g/mol. The highest BCUT2D eigenvalue weighted by Gasteiger charge is 2.23. The summed E-state index contributed by atoms with van der Waals surface area (Å²) in [6.45, 7) is 4.30. The normalized spacial score (nSPS) is 17.0. The Hall–Kier alpha value is -2.37. The summed E-state index contributed by atoms with van der Waals surface area (Å²) in [7, 11) is 0. The van der Waals surface area contributed by atoms with Gasteiger partial charge in [-0.15, -0.1) is 0 Å². The second-order valence-electron chi connectivity index (χ2n) is 6.29. The van der Waals surface area contributed by atoms with Gasteiger partial charge in [-0.1, -0.05) is 11.6 Å². The Labute approximate surface area is 157 Å². The topological polar surface area (TPSA) is 58.6 Å². The van der Waals surface area contributed by atoms with Crippen molar-refractivity contribution in [3.63, 3.8) is 0 Å². The molecule has 0 aromatic heterocycles. The van der Waals surface area contributed by atoms with Gasteiger partial charge >= 0.3 is 0 Å². The summed E-state index contributed by atoms with van der Waals surface area (Å²) in [5.74, 6) is 0.452. The van der Waals surface area contributed by atoms with Crippen molar-refractivity contribution in [3.8, 4) is 5.75 Å². The molecule has 2 aromatic rings. The zero-order chi connectivity index (χ0) is 18.5. The van der Waals surface area contributed by atoms with Crippen LogP contribution in [0.3, 0.4) is 0 Å². The molecule has 6 heteroatoms. The van der Waals surface area contributed by atoms with Crippen LogP contribution in [0.4, 0.5) is 0 Å². The van der Waals surface area contributed by atoms with E-state index >= 15 is 0 Å². The van der Waals surface area contributed by atoms with E-state index in [4.69, 9.17) is 16.3 Å². The molecule has 26 heavy (non-hydrogen) atoms. The summed E-state index contributed by atoms with van der Waals surface area (Å²) in [6, 6.07) is 13.7. The largest absolute Gasteiger partial charge is 0.484 e. The van der Waals surface area contributed by atoms with Gasteiger partial charge in [-0.05, 0) is 55.5 Å². The number of amides is 1. The van der Waals surface area contributed by atoms with E-state index in [1.54, 1.807) is 48.5 Å². The first-order chi connectivity index (χ1) is 12.5. The van der Waals surface area contributed by atoms with Crippen LogP contribution < -0.4 is 10.1 Å². The minimum Gasteiger partial charge on any atom is -0.484 e. The molecule has 5 nitrogen and oxygen atoms in total. The number of rotatable bonds is 5. The second-order valence-corrected chi connectivity index (χ2v) is 6.73. The van der Waals surface area contributed by atoms with Gasteiger partial charge in [-0.25, -0.2) is 0 Å². The highest BCUT2D eigenvalue weighted by molar-refractivity contribution is 6.30. The molecule has 136 valence electrons. The van der Waals surface area contributed by atoms with Gasteiger partial charge in [0.1, 0.15) is 5.75 Å². The van der Waals surface area contributed by atoms with Crippen LogP contribution in [-0.4, -0.2) is 48.9 Å². The SMILES string of the molecule is C[C@@H]1CNCCN1C(=O)COc1ccc(C(=O)c2ccc(Cl)cc2)cc1. The predicted octanol–water partition coefficient (Wildman–Crippen LogP) is 2.77. The molecule has 2 aromatic carbocycles. The molecule has 1 heterocycles. The van der Waals surface area contributed by atoms with E-state index in [1.807, 2.05) is 11.8 Å². The average Bonchev–Trinajstić information content (AvgIpc) is 2.67. The van der Waals surface area contributed by atoms with Crippen molar-refractivity contribution < 1.29 is 14.3 Å². The first-order valence-electron chi connectivity index (χ1n) is 8.58. The standard InChI is InChI=1S/C20H21ClN2O3/c1-14-12-22-10-11-23(14)19(24)13-26-18-8-4-16(5-9-18)20(25)15-2-6-17(21)7-3-15/h2-9,14,22H,10-13H2,1H3/t14-/m1/s1. The zero-order valence-corrected chi connectivity index (χ0v) is 15.3. The molecular weight excluding hydrogens is 352 g/mol. The first-order valence-corrected chi connectivity index (χ1v) is 8.96. The van der Waals surface area contributed by atoms with Crippen LogP contribution in [0.1, 0.15) is 22.8 Å². The number of halogens is 1. The molecule has 0 saturated carbocycles. The van der Waals surface area contributed by atoms with Gasteiger partial charge in [-0.2, -0.15) is 0 Å². The van der Waals surface area contributed by atoms with E-state index in [2.05, 4.69) is 5.32 Å². The van der Waals surface area contributed by atoms with E-state index in [-0.39, 0.29) is 24.3 Å². The Morgan fingerprint density at radius 2 is 1.73 bits per heavy atom. The third-order valence-corrected chi connectivity index (χ3v) is 4.66. The number of hydrogen-bond acceptors (Lipinski definition) is 4. The van der Waals surface area contributed by atoms with Crippen molar-refractivity contribution in [2.24, 2.45) is 0 Å². The third kappa shape index (κ3) is 4.42. The molecule has 1 atom stereocenters. The maximum absolute atomic E-state index is 12.4. The maximum Gasteiger partial charge on any atom is 0.260 e. The number of piperazine rings is 1. The molecule has 3 rings (SSSR count). The van der Waals surface area contributed by atoms with E-state index < -0.39 is 0 Å². The van der Waals surface area contributed by atoms with E-state index in [1.165, 1.54) is 0 Å². The molecule has 0 aliphatic carbocycles. The average molecular weight is 373 g/mol. The summed E-state index contributed by atoms with van der Waals surface area (Å²) < 4.78 is 5.59. The first kappa shape index (κ1) is 18.4. The van der Waals surface area contributed by atoms with Crippen LogP contribution in [0.2, 0.25) is 5.02 Å². The van der Waals surface area contributed by atoms with Crippen LogP contribution in [-0.2, 0) is 4.79 Å². The van der Waals surface area contributed by atoms with Gasteiger partial charge in [0, 0.05) is 41.8 Å². The smallest absolute Gasteiger partial charge is 0.260 e. The number of carbonyl (C=O) groups is 2. The van der Waals surface area contributed by atoms with Crippen LogP contribution in [0.5, 0.6) is 5.75 Å². The van der Waals surface area contributed by atoms with Crippen molar-refractivity contribution in [2.75, 3.05) is 26.2 Å². The fourth-order valence-corrected chi connectivity index (χ4v) is 3.04. The lowest BCUT2D eigenvalue weighted by Gasteiger charge is -2.33. The molecule has 0 bridgehead atoms. The van der Waals surface area contributed by atoms with Gasteiger partial charge in [-0.3, -0.25) is 9.59 Å². The number of ether oxygens (including phenoxy) is 1. The summed E-state index contributed by atoms with van der Waals surface area (Å²) >= 11 is 5.85. The number of benzene rings is 2. The zero-order valence-electron chi connectivity index (χ0n) is 14.6. The number of carbonyl (C=O) groups excluding carboxylic acids is 2. The van der Waals surface area contributed by atoms with Crippen molar-refractivity contribution in [2.45, 2.75) is 13.0 Å². The second kappa shape index (κ2) is 8.34. The Morgan fingerprint density at radius 1 is 1.12 bits per heavy atom. The lowest BCUT2D eigenvalue weighted by atomic mass is 10.0. The summed E-state index contributed by atoms with van der Waals surface area (Å²) in [6.07, 6.45) is 0. The van der Waals surface area contributed by atoms with E-state index in [0.717, 1.165) is 13.1 Å². The van der Waals surface area contributed by atoms with Gasteiger partial charge < -0.3 is 15.0 Å². The molecule has 0 unspecified atom stereocenters. The Bertz CT molecular complexity index is 775. The number of hydrogen-bond donors (Lipinski definition) is 1. The molecule has 1 N–H and O–H groups in total. The van der Waals surface area contributed by atoms with Crippen molar-refractivity contribution in [3.05, 3.63) is 64.7 Å². The maximum atomic E-state index is 12.4. The molecule has 1 aliphatic rings. The van der Waals surface area contributed by atoms with Crippen LogP contribution >= 0.6 is 11.6 Å². The number of ketones is 1. The molecular formula is C20H21ClN2O3. The van der Waals surface area contributed by atoms with Gasteiger partial charge in [0.25, 0.3) is 5.91 Å².